The first-order chi connectivity index (χ1) is 7.22. The fourth-order valence-electron chi connectivity index (χ4n) is 1.37. The Labute approximate surface area is 84.7 Å². The van der Waals surface area contributed by atoms with Crippen molar-refractivity contribution in [3.05, 3.63) is 46.3 Å². The van der Waals surface area contributed by atoms with Gasteiger partial charge >= 0.3 is 0 Å². The van der Waals surface area contributed by atoms with Gasteiger partial charge in [-0.25, -0.2) is 4.98 Å². The third kappa shape index (κ3) is 1.48. The minimum atomic E-state index is -0.466. The molecule has 0 atom stereocenters. The summed E-state index contributed by atoms with van der Waals surface area (Å²) < 4.78 is 0. The van der Waals surface area contributed by atoms with E-state index in [0.717, 1.165) is 0 Å². The Morgan fingerprint density at radius 1 is 1.40 bits per heavy atom. The van der Waals surface area contributed by atoms with E-state index < -0.39 is 4.92 Å². The predicted molar refractivity (Wildman–Crippen MR) is 53.1 cm³/mol. The molecule has 5 nitrogen and oxygen atoms in total. The lowest BCUT2D eigenvalue weighted by Crippen LogP contribution is -1.89. The van der Waals surface area contributed by atoms with E-state index in [9.17, 15) is 10.1 Å². The molecule has 1 aromatic heterocycles. The van der Waals surface area contributed by atoms with Crippen LogP contribution in [0, 0.1) is 21.4 Å². The maximum atomic E-state index is 10.5. The zero-order chi connectivity index (χ0) is 10.8. The molecule has 0 fully saturated rings. The summed E-state index contributed by atoms with van der Waals surface area (Å²) in [5.41, 5.74) is 0.292. The third-order valence-corrected chi connectivity index (χ3v) is 2.06. The molecular weight excluding hydrogens is 194 g/mol. The van der Waals surface area contributed by atoms with Crippen molar-refractivity contribution in [3.63, 3.8) is 0 Å². The number of pyridine rings is 1. The number of rotatable bonds is 1. The molecule has 0 aliphatic carbocycles. The molecule has 0 spiro atoms. The Morgan fingerprint density at radius 3 is 2.87 bits per heavy atom. The van der Waals surface area contributed by atoms with Crippen molar-refractivity contribution < 1.29 is 4.92 Å². The van der Waals surface area contributed by atoms with Gasteiger partial charge in [-0.3, -0.25) is 10.1 Å². The number of nitriles is 1. The smallest absolute Gasteiger partial charge is 0.258 e. The number of aromatic nitrogens is 1. The number of benzene rings is 1. The lowest BCUT2D eigenvalue weighted by Gasteiger charge is -1.98. The van der Waals surface area contributed by atoms with Crippen molar-refractivity contribution in [2.75, 3.05) is 0 Å². The van der Waals surface area contributed by atoms with Crippen molar-refractivity contribution in [1.82, 2.24) is 4.98 Å². The fraction of sp³-hybridized carbons (Fsp3) is 0. The number of hydrogen-bond donors (Lipinski definition) is 0. The van der Waals surface area contributed by atoms with Crippen LogP contribution in [0.3, 0.4) is 0 Å². The van der Waals surface area contributed by atoms with Crippen molar-refractivity contribution >= 4 is 16.5 Å². The fourth-order valence-corrected chi connectivity index (χ4v) is 1.37. The summed E-state index contributed by atoms with van der Waals surface area (Å²) in [5.74, 6) is 0. The van der Waals surface area contributed by atoms with Crippen molar-refractivity contribution in [1.29, 1.82) is 5.26 Å². The number of nitro benzene ring substituents is 1. The van der Waals surface area contributed by atoms with Crippen LogP contribution in [0.2, 0.25) is 0 Å². The molecular formula is C10H5N3O2. The highest BCUT2D eigenvalue weighted by molar-refractivity contribution is 5.88. The van der Waals surface area contributed by atoms with E-state index in [-0.39, 0.29) is 11.4 Å². The maximum Gasteiger partial charge on any atom is 0.270 e. The average Bonchev–Trinajstić information content (AvgIpc) is 2.27. The number of nitrogens with zero attached hydrogens (tertiary/aromatic N) is 3. The number of non-ortho nitro benzene ring substituents is 1. The highest BCUT2D eigenvalue weighted by Gasteiger charge is 2.08. The monoisotopic (exact) mass is 199 g/mol. The highest BCUT2D eigenvalue weighted by Crippen LogP contribution is 2.21. The van der Waals surface area contributed by atoms with Gasteiger partial charge < -0.3 is 0 Å². The largest absolute Gasteiger partial charge is 0.270 e. The second-order valence-corrected chi connectivity index (χ2v) is 2.93. The Bertz CT molecular complexity index is 587. The average molecular weight is 199 g/mol. The Balaban J connectivity index is 2.76. The number of hydrogen-bond acceptors (Lipinski definition) is 4. The molecule has 0 unspecified atom stereocenters. The van der Waals surface area contributed by atoms with Gasteiger partial charge in [0.1, 0.15) is 11.8 Å². The van der Waals surface area contributed by atoms with Crippen molar-refractivity contribution in [2.24, 2.45) is 0 Å². The van der Waals surface area contributed by atoms with E-state index in [2.05, 4.69) is 4.98 Å². The summed E-state index contributed by atoms with van der Waals surface area (Å²) in [6, 6.07) is 7.91. The van der Waals surface area contributed by atoms with Gasteiger partial charge in [0.2, 0.25) is 0 Å². The predicted octanol–water partition coefficient (Wildman–Crippen LogP) is 2.01. The van der Waals surface area contributed by atoms with E-state index in [1.54, 1.807) is 12.1 Å². The van der Waals surface area contributed by atoms with Crippen molar-refractivity contribution in [3.8, 4) is 6.07 Å². The summed E-state index contributed by atoms with van der Waals surface area (Å²) in [5, 5.41) is 20.6. The van der Waals surface area contributed by atoms with Crippen LogP contribution >= 0.6 is 0 Å². The van der Waals surface area contributed by atoms with Crippen LogP contribution in [-0.4, -0.2) is 9.91 Å². The van der Waals surface area contributed by atoms with Crippen LogP contribution in [-0.2, 0) is 0 Å². The first-order valence-electron chi connectivity index (χ1n) is 4.15. The first kappa shape index (κ1) is 9.09. The molecule has 0 aliphatic heterocycles. The Morgan fingerprint density at radius 2 is 2.20 bits per heavy atom. The normalized spacial score (nSPS) is 9.80. The summed E-state index contributed by atoms with van der Waals surface area (Å²) in [6.45, 7) is 0. The van der Waals surface area contributed by atoms with Gasteiger partial charge in [-0.05, 0) is 17.5 Å². The lowest BCUT2D eigenvalue weighted by atomic mass is 10.1. The number of nitro groups is 1. The van der Waals surface area contributed by atoms with Gasteiger partial charge in [0.25, 0.3) is 5.69 Å². The maximum absolute atomic E-state index is 10.5. The van der Waals surface area contributed by atoms with Gasteiger partial charge in [0.15, 0.2) is 0 Å². The molecule has 1 aromatic carbocycles. The molecule has 0 N–H and O–H groups in total. The SMILES string of the molecule is N#Cc1nccc2cc([N+](=O)[O-])ccc12. The van der Waals surface area contributed by atoms with Crippen LogP contribution in [0.5, 0.6) is 0 Å². The summed E-state index contributed by atoms with van der Waals surface area (Å²) >= 11 is 0. The molecule has 2 rings (SSSR count). The minimum absolute atomic E-state index is 0.0117. The second-order valence-electron chi connectivity index (χ2n) is 2.93. The van der Waals surface area contributed by atoms with Crippen molar-refractivity contribution in [2.45, 2.75) is 0 Å². The van der Waals surface area contributed by atoms with E-state index in [1.807, 2.05) is 6.07 Å². The van der Waals surface area contributed by atoms with Crippen LogP contribution in [0.4, 0.5) is 5.69 Å². The molecule has 0 amide bonds. The standard InChI is InChI=1S/C10H5N3O2/c11-6-10-9-2-1-8(13(14)15)5-7(9)3-4-12-10/h1-5H. The van der Waals surface area contributed by atoms with E-state index in [4.69, 9.17) is 5.26 Å². The molecule has 0 radical (unpaired) electrons. The van der Waals surface area contributed by atoms with Crippen LogP contribution in [0.25, 0.3) is 10.8 Å². The topological polar surface area (TPSA) is 79.8 Å². The number of fused-ring (bicyclic) bond motifs is 1. The van der Waals surface area contributed by atoms with E-state index in [1.165, 1.54) is 18.3 Å². The van der Waals surface area contributed by atoms with Gasteiger partial charge in [-0.15, -0.1) is 0 Å². The molecule has 15 heavy (non-hydrogen) atoms. The molecule has 1 heterocycles. The van der Waals surface area contributed by atoms with Crippen LogP contribution in [0.15, 0.2) is 30.5 Å². The molecule has 2 aromatic rings. The molecule has 72 valence electrons. The summed E-state index contributed by atoms with van der Waals surface area (Å²) in [4.78, 5) is 13.9. The second kappa shape index (κ2) is 3.35. The third-order valence-electron chi connectivity index (χ3n) is 2.06. The first-order valence-corrected chi connectivity index (χ1v) is 4.15. The molecule has 0 bridgehead atoms. The van der Waals surface area contributed by atoms with Gasteiger partial charge in [-0.2, -0.15) is 5.26 Å². The Kier molecular flexibility index (Phi) is 2.03. The van der Waals surface area contributed by atoms with E-state index in [0.29, 0.717) is 10.8 Å². The molecule has 0 aliphatic rings. The van der Waals surface area contributed by atoms with Gasteiger partial charge in [-0.1, -0.05) is 0 Å². The summed E-state index contributed by atoms with van der Waals surface area (Å²) in [6.07, 6.45) is 1.46. The Hall–Kier alpha value is -2.48. The van der Waals surface area contributed by atoms with Crippen LogP contribution in [0.1, 0.15) is 5.69 Å². The van der Waals surface area contributed by atoms with E-state index >= 15 is 0 Å². The zero-order valence-corrected chi connectivity index (χ0v) is 7.54. The van der Waals surface area contributed by atoms with Gasteiger partial charge in [0, 0.05) is 23.7 Å². The quantitative estimate of drug-likeness (QED) is 0.519. The highest BCUT2D eigenvalue weighted by atomic mass is 16.6. The lowest BCUT2D eigenvalue weighted by molar-refractivity contribution is -0.384. The molecule has 0 saturated carbocycles. The molecule has 0 saturated heterocycles. The molecule has 5 heteroatoms. The van der Waals surface area contributed by atoms with Gasteiger partial charge in [0.05, 0.1) is 4.92 Å². The van der Waals surface area contributed by atoms with Crippen LogP contribution < -0.4 is 0 Å². The minimum Gasteiger partial charge on any atom is -0.258 e. The summed E-state index contributed by atoms with van der Waals surface area (Å²) in [7, 11) is 0. The zero-order valence-electron chi connectivity index (χ0n) is 7.54.